The molecule has 1 N–H and O–H groups in total. The Morgan fingerprint density at radius 1 is 1.50 bits per heavy atom. The molecule has 1 saturated heterocycles. The monoisotopic (exact) mass is 306 g/mol. The number of morpholine rings is 1. The SMILES string of the molecule is CCNC(=O)c1ccc(N2CCO[C@@H](CCN(C)C)C2)nc1. The Labute approximate surface area is 132 Å². The summed E-state index contributed by atoms with van der Waals surface area (Å²) in [6.45, 7) is 5.95. The average molecular weight is 306 g/mol. The summed E-state index contributed by atoms with van der Waals surface area (Å²) in [4.78, 5) is 20.6. The van der Waals surface area contributed by atoms with E-state index in [1.165, 1.54) is 0 Å². The van der Waals surface area contributed by atoms with Gasteiger partial charge in [0.05, 0.1) is 18.3 Å². The van der Waals surface area contributed by atoms with Crippen molar-refractivity contribution in [3.8, 4) is 0 Å². The number of carbonyl (C=O) groups is 1. The van der Waals surface area contributed by atoms with E-state index in [0.717, 1.165) is 38.5 Å². The van der Waals surface area contributed by atoms with Crippen LogP contribution in [0.2, 0.25) is 0 Å². The van der Waals surface area contributed by atoms with E-state index in [2.05, 4.69) is 34.2 Å². The molecule has 0 radical (unpaired) electrons. The Bertz CT molecular complexity index is 476. The predicted octanol–water partition coefficient (Wildman–Crippen LogP) is 0.988. The summed E-state index contributed by atoms with van der Waals surface area (Å²) < 4.78 is 5.81. The molecular weight excluding hydrogens is 280 g/mol. The molecule has 6 nitrogen and oxygen atoms in total. The molecule has 2 rings (SSSR count). The van der Waals surface area contributed by atoms with Crippen LogP contribution >= 0.6 is 0 Å². The molecule has 0 spiro atoms. The molecule has 2 heterocycles. The third-order valence-corrected chi connectivity index (χ3v) is 3.71. The van der Waals surface area contributed by atoms with Gasteiger partial charge in [-0.2, -0.15) is 0 Å². The van der Waals surface area contributed by atoms with Crippen molar-refractivity contribution < 1.29 is 9.53 Å². The van der Waals surface area contributed by atoms with E-state index in [0.29, 0.717) is 12.1 Å². The number of pyridine rings is 1. The fourth-order valence-electron chi connectivity index (χ4n) is 2.47. The second-order valence-corrected chi connectivity index (χ2v) is 5.80. The largest absolute Gasteiger partial charge is 0.374 e. The molecule has 0 saturated carbocycles. The first-order valence-electron chi connectivity index (χ1n) is 7.85. The van der Waals surface area contributed by atoms with Crippen LogP contribution in [0.4, 0.5) is 5.82 Å². The molecular formula is C16H26N4O2. The lowest BCUT2D eigenvalue weighted by Gasteiger charge is -2.34. The number of hydrogen-bond acceptors (Lipinski definition) is 5. The maximum Gasteiger partial charge on any atom is 0.252 e. The normalized spacial score (nSPS) is 18.5. The molecule has 0 bridgehead atoms. The van der Waals surface area contributed by atoms with Gasteiger partial charge < -0.3 is 19.9 Å². The molecule has 1 fully saturated rings. The molecule has 1 aliphatic heterocycles. The van der Waals surface area contributed by atoms with Crippen LogP contribution in [-0.2, 0) is 4.74 Å². The van der Waals surface area contributed by atoms with Gasteiger partial charge in [-0.3, -0.25) is 4.79 Å². The first-order chi connectivity index (χ1) is 10.6. The number of nitrogens with one attached hydrogen (secondary N) is 1. The van der Waals surface area contributed by atoms with Crippen LogP contribution in [0.1, 0.15) is 23.7 Å². The Morgan fingerprint density at radius 3 is 2.95 bits per heavy atom. The van der Waals surface area contributed by atoms with Crippen molar-refractivity contribution in [2.45, 2.75) is 19.4 Å². The number of carbonyl (C=O) groups excluding carboxylic acids is 1. The van der Waals surface area contributed by atoms with Gasteiger partial charge in [0.15, 0.2) is 0 Å². The Kier molecular flexibility index (Phi) is 6.15. The van der Waals surface area contributed by atoms with Crippen LogP contribution in [-0.4, -0.2) is 68.8 Å². The summed E-state index contributed by atoms with van der Waals surface area (Å²) >= 11 is 0. The molecule has 122 valence electrons. The number of ether oxygens (including phenoxy) is 1. The first kappa shape index (κ1) is 16.7. The third kappa shape index (κ3) is 4.68. The number of nitrogens with zero attached hydrogens (tertiary/aromatic N) is 3. The third-order valence-electron chi connectivity index (χ3n) is 3.71. The molecule has 22 heavy (non-hydrogen) atoms. The smallest absolute Gasteiger partial charge is 0.252 e. The quantitative estimate of drug-likeness (QED) is 0.849. The maximum absolute atomic E-state index is 11.7. The highest BCUT2D eigenvalue weighted by Gasteiger charge is 2.21. The van der Waals surface area contributed by atoms with Crippen LogP contribution in [0.25, 0.3) is 0 Å². The maximum atomic E-state index is 11.7. The lowest BCUT2D eigenvalue weighted by Crippen LogP contribution is -2.43. The topological polar surface area (TPSA) is 57.7 Å². The summed E-state index contributed by atoms with van der Waals surface area (Å²) in [6.07, 6.45) is 2.89. The number of hydrogen-bond donors (Lipinski definition) is 1. The van der Waals surface area contributed by atoms with Crippen LogP contribution in [0.15, 0.2) is 18.3 Å². The van der Waals surface area contributed by atoms with Crippen molar-refractivity contribution in [3.63, 3.8) is 0 Å². The van der Waals surface area contributed by atoms with Crippen LogP contribution in [0, 0.1) is 0 Å². The van der Waals surface area contributed by atoms with Gasteiger partial charge in [-0.05, 0) is 39.6 Å². The average Bonchev–Trinajstić information content (AvgIpc) is 2.53. The zero-order valence-corrected chi connectivity index (χ0v) is 13.7. The van der Waals surface area contributed by atoms with Gasteiger partial charge in [0.2, 0.25) is 0 Å². The van der Waals surface area contributed by atoms with E-state index in [1.54, 1.807) is 6.20 Å². The summed E-state index contributed by atoms with van der Waals surface area (Å²) in [7, 11) is 4.14. The van der Waals surface area contributed by atoms with Crippen molar-refractivity contribution in [1.29, 1.82) is 0 Å². The van der Waals surface area contributed by atoms with E-state index >= 15 is 0 Å². The van der Waals surface area contributed by atoms with Gasteiger partial charge in [0.25, 0.3) is 5.91 Å². The van der Waals surface area contributed by atoms with Crippen molar-refractivity contribution >= 4 is 11.7 Å². The second kappa shape index (κ2) is 8.10. The molecule has 0 aromatic carbocycles. The minimum atomic E-state index is -0.0765. The lowest BCUT2D eigenvalue weighted by molar-refractivity contribution is 0.0309. The highest BCUT2D eigenvalue weighted by molar-refractivity contribution is 5.93. The van der Waals surface area contributed by atoms with Gasteiger partial charge in [-0.15, -0.1) is 0 Å². The number of aromatic nitrogens is 1. The first-order valence-corrected chi connectivity index (χ1v) is 7.85. The van der Waals surface area contributed by atoms with Gasteiger partial charge in [-0.1, -0.05) is 0 Å². The van der Waals surface area contributed by atoms with E-state index < -0.39 is 0 Å². The summed E-state index contributed by atoms with van der Waals surface area (Å²) in [5, 5.41) is 2.78. The minimum absolute atomic E-state index is 0.0765. The summed E-state index contributed by atoms with van der Waals surface area (Å²) in [5.74, 6) is 0.832. The zero-order valence-electron chi connectivity index (χ0n) is 13.7. The Balaban J connectivity index is 1.94. The van der Waals surface area contributed by atoms with Crippen molar-refractivity contribution in [2.75, 3.05) is 51.8 Å². The molecule has 1 aromatic heterocycles. The van der Waals surface area contributed by atoms with Crippen molar-refractivity contribution in [3.05, 3.63) is 23.9 Å². The number of amides is 1. The molecule has 0 unspecified atom stereocenters. The Hall–Kier alpha value is -1.66. The van der Waals surface area contributed by atoms with E-state index in [-0.39, 0.29) is 12.0 Å². The van der Waals surface area contributed by atoms with E-state index in [4.69, 9.17) is 4.74 Å². The highest BCUT2D eigenvalue weighted by Crippen LogP contribution is 2.17. The molecule has 1 amide bonds. The summed E-state index contributed by atoms with van der Waals surface area (Å²) in [6, 6.07) is 3.75. The van der Waals surface area contributed by atoms with Crippen molar-refractivity contribution in [1.82, 2.24) is 15.2 Å². The molecule has 6 heteroatoms. The lowest BCUT2D eigenvalue weighted by atomic mass is 10.2. The van der Waals surface area contributed by atoms with E-state index in [1.807, 2.05) is 19.1 Å². The van der Waals surface area contributed by atoms with E-state index in [9.17, 15) is 4.79 Å². The number of rotatable bonds is 6. The van der Waals surface area contributed by atoms with Crippen molar-refractivity contribution in [2.24, 2.45) is 0 Å². The van der Waals surface area contributed by atoms with Gasteiger partial charge in [0, 0.05) is 32.4 Å². The second-order valence-electron chi connectivity index (χ2n) is 5.80. The summed E-state index contributed by atoms with van der Waals surface area (Å²) in [5.41, 5.74) is 0.600. The fraction of sp³-hybridized carbons (Fsp3) is 0.625. The minimum Gasteiger partial charge on any atom is -0.374 e. The van der Waals surface area contributed by atoms with Crippen LogP contribution < -0.4 is 10.2 Å². The van der Waals surface area contributed by atoms with Crippen LogP contribution in [0.5, 0.6) is 0 Å². The zero-order chi connectivity index (χ0) is 15.9. The number of anilines is 1. The van der Waals surface area contributed by atoms with Crippen LogP contribution in [0.3, 0.4) is 0 Å². The highest BCUT2D eigenvalue weighted by atomic mass is 16.5. The fourth-order valence-corrected chi connectivity index (χ4v) is 2.47. The molecule has 1 atom stereocenters. The Morgan fingerprint density at radius 2 is 2.32 bits per heavy atom. The van der Waals surface area contributed by atoms with Gasteiger partial charge in [0.1, 0.15) is 5.82 Å². The molecule has 1 aliphatic rings. The predicted molar refractivity (Wildman–Crippen MR) is 87.4 cm³/mol. The molecule has 0 aliphatic carbocycles. The standard InChI is InChI=1S/C16H26N4O2/c1-4-17-16(21)13-5-6-15(18-11-13)20-9-10-22-14(12-20)7-8-19(2)3/h5-6,11,14H,4,7-10,12H2,1-3H3,(H,17,21)/t14-/m0/s1. The molecule has 1 aromatic rings. The van der Waals surface area contributed by atoms with Gasteiger partial charge >= 0.3 is 0 Å². The van der Waals surface area contributed by atoms with Gasteiger partial charge in [-0.25, -0.2) is 4.98 Å².